The third-order valence-corrected chi connectivity index (χ3v) is 3.72. The Labute approximate surface area is 133 Å². The molecule has 0 fully saturated rings. The molecule has 0 aliphatic rings. The number of aliphatic imine (C=N–C) groups is 1. The maximum Gasteiger partial charge on any atom is 0.191 e. The van der Waals surface area contributed by atoms with Gasteiger partial charge in [-0.05, 0) is 46.7 Å². The van der Waals surface area contributed by atoms with Crippen molar-refractivity contribution in [2.75, 3.05) is 20.2 Å². The van der Waals surface area contributed by atoms with E-state index in [0.717, 1.165) is 18.3 Å². The number of ether oxygens (including phenoxy) is 1. The zero-order chi connectivity index (χ0) is 14.9. The zero-order valence-electron chi connectivity index (χ0n) is 11.8. The summed E-state index contributed by atoms with van der Waals surface area (Å²) in [5, 5.41) is 11.3. The quantitative estimate of drug-likeness (QED) is 0.487. The van der Waals surface area contributed by atoms with Crippen LogP contribution in [0.4, 0.5) is 0 Å². The van der Waals surface area contributed by atoms with Gasteiger partial charge in [0.15, 0.2) is 5.96 Å². The molecule has 0 atom stereocenters. The van der Waals surface area contributed by atoms with Crippen LogP contribution in [0.3, 0.4) is 0 Å². The zero-order valence-corrected chi connectivity index (χ0v) is 13.4. The van der Waals surface area contributed by atoms with Crippen molar-refractivity contribution in [3.8, 4) is 5.75 Å². The van der Waals surface area contributed by atoms with Gasteiger partial charge in [-0.25, -0.2) is 0 Å². The molecule has 0 saturated carbocycles. The van der Waals surface area contributed by atoms with Gasteiger partial charge in [0.25, 0.3) is 0 Å². The fourth-order valence-electron chi connectivity index (χ4n) is 1.67. The summed E-state index contributed by atoms with van der Waals surface area (Å²) in [5.41, 5.74) is 1.25. The molecule has 6 heteroatoms. The molecule has 0 saturated heterocycles. The Bertz CT molecular complexity index is 555. The lowest BCUT2D eigenvalue weighted by molar-refractivity contribution is 0.322. The summed E-state index contributed by atoms with van der Waals surface area (Å²) < 4.78 is 5.60. The van der Waals surface area contributed by atoms with Gasteiger partial charge in [-0.2, -0.15) is 11.3 Å². The third-order valence-electron chi connectivity index (χ3n) is 2.74. The standard InChI is InChI=1S/C15H18ClN3OS/c1-17-15(19-10-12-6-9-21-11-12)18-7-8-20-14-4-2-13(16)3-5-14/h2-6,9,11H,7-8,10H2,1H3,(H2,17,18,19). The molecule has 112 valence electrons. The molecule has 0 aliphatic carbocycles. The van der Waals surface area contributed by atoms with E-state index in [1.807, 2.05) is 24.3 Å². The minimum atomic E-state index is 0.556. The summed E-state index contributed by atoms with van der Waals surface area (Å²) in [7, 11) is 1.75. The summed E-state index contributed by atoms with van der Waals surface area (Å²) in [5.74, 6) is 1.57. The van der Waals surface area contributed by atoms with Gasteiger partial charge in [-0.15, -0.1) is 0 Å². The van der Waals surface area contributed by atoms with Gasteiger partial charge >= 0.3 is 0 Å². The first-order valence-corrected chi connectivity index (χ1v) is 7.94. The molecule has 1 heterocycles. The smallest absolute Gasteiger partial charge is 0.191 e. The fourth-order valence-corrected chi connectivity index (χ4v) is 2.46. The maximum atomic E-state index is 5.82. The third kappa shape index (κ3) is 5.65. The molecule has 0 amide bonds. The number of rotatable bonds is 6. The Morgan fingerprint density at radius 3 is 2.71 bits per heavy atom. The predicted molar refractivity (Wildman–Crippen MR) is 89.5 cm³/mol. The number of nitrogens with zero attached hydrogens (tertiary/aromatic N) is 1. The van der Waals surface area contributed by atoms with Gasteiger partial charge in [-0.1, -0.05) is 11.6 Å². The van der Waals surface area contributed by atoms with Gasteiger partial charge in [0.1, 0.15) is 12.4 Å². The van der Waals surface area contributed by atoms with Gasteiger partial charge in [-0.3, -0.25) is 4.99 Å². The molecule has 2 rings (SSSR count). The highest BCUT2D eigenvalue weighted by Gasteiger charge is 1.99. The Kier molecular flexibility index (Phi) is 6.37. The van der Waals surface area contributed by atoms with Crippen LogP contribution < -0.4 is 15.4 Å². The molecule has 0 bridgehead atoms. The average molecular weight is 324 g/mol. The van der Waals surface area contributed by atoms with Crippen molar-refractivity contribution in [2.45, 2.75) is 6.54 Å². The molecule has 0 spiro atoms. The largest absolute Gasteiger partial charge is 0.492 e. The van der Waals surface area contributed by atoms with E-state index >= 15 is 0 Å². The van der Waals surface area contributed by atoms with E-state index in [2.05, 4.69) is 32.5 Å². The lowest BCUT2D eigenvalue weighted by Crippen LogP contribution is -2.38. The van der Waals surface area contributed by atoms with E-state index in [9.17, 15) is 0 Å². The summed E-state index contributed by atoms with van der Waals surface area (Å²) in [6, 6.07) is 9.42. The van der Waals surface area contributed by atoms with Crippen LogP contribution in [0.25, 0.3) is 0 Å². The van der Waals surface area contributed by atoms with E-state index in [-0.39, 0.29) is 0 Å². The fraction of sp³-hybridized carbons (Fsp3) is 0.267. The highest BCUT2D eigenvalue weighted by Crippen LogP contribution is 2.15. The molecule has 2 aromatic rings. The topological polar surface area (TPSA) is 45.7 Å². The monoisotopic (exact) mass is 323 g/mol. The highest BCUT2D eigenvalue weighted by molar-refractivity contribution is 7.07. The second kappa shape index (κ2) is 8.54. The van der Waals surface area contributed by atoms with Crippen LogP contribution in [0.5, 0.6) is 5.75 Å². The molecular formula is C15H18ClN3OS. The van der Waals surface area contributed by atoms with Crippen LogP contribution in [-0.4, -0.2) is 26.2 Å². The molecule has 1 aromatic heterocycles. The Morgan fingerprint density at radius 2 is 2.05 bits per heavy atom. The molecule has 0 aliphatic heterocycles. The molecule has 21 heavy (non-hydrogen) atoms. The van der Waals surface area contributed by atoms with E-state index in [1.165, 1.54) is 5.56 Å². The van der Waals surface area contributed by atoms with Crippen molar-refractivity contribution in [3.63, 3.8) is 0 Å². The number of hydrogen-bond donors (Lipinski definition) is 2. The van der Waals surface area contributed by atoms with Crippen molar-refractivity contribution in [1.82, 2.24) is 10.6 Å². The molecule has 1 aromatic carbocycles. The number of benzene rings is 1. The Balaban J connectivity index is 1.65. The maximum absolute atomic E-state index is 5.82. The van der Waals surface area contributed by atoms with Crippen molar-refractivity contribution in [2.24, 2.45) is 4.99 Å². The number of thiophene rings is 1. The van der Waals surface area contributed by atoms with Gasteiger partial charge < -0.3 is 15.4 Å². The van der Waals surface area contributed by atoms with Crippen LogP contribution in [0, 0.1) is 0 Å². The number of guanidine groups is 1. The van der Waals surface area contributed by atoms with Crippen molar-refractivity contribution < 1.29 is 4.74 Å². The van der Waals surface area contributed by atoms with Crippen molar-refractivity contribution >= 4 is 28.9 Å². The molecule has 4 nitrogen and oxygen atoms in total. The van der Waals surface area contributed by atoms with E-state index < -0.39 is 0 Å². The number of nitrogens with one attached hydrogen (secondary N) is 2. The van der Waals surface area contributed by atoms with Crippen LogP contribution in [0.2, 0.25) is 5.02 Å². The first-order valence-electron chi connectivity index (χ1n) is 6.62. The molecular weight excluding hydrogens is 306 g/mol. The first-order chi connectivity index (χ1) is 10.3. The molecule has 2 N–H and O–H groups in total. The second-order valence-corrected chi connectivity index (χ2v) is 5.50. The summed E-state index contributed by atoms with van der Waals surface area (Å²) in [6.07, 6.45) is 0. The predicted octanol–water partition coefficient (Wildman–Crippen LogP) is 3.15. The van der Waals surface area contributed by atoms with Crippen molar-refractivity contribution in [1.29, 1.82) is 0 Å². The lowest BCUT2D eigenvalue weighted by Gasteiger charge is -2.12. The first kappa shape index (κ1) is 15.7. The Hall–Kier alpha value is -1.72. The van der Waals surface area contributed by atoms with Gasteiger partial charge in [0.2, 0.25) is 0 Å². The molecule has 0 unspecified atom stereocenters. The van der Waals surface area contributed by atoms with Crippen molar-refractivity contribution in [3.05, 3.63) is 51.7 Å². The summed E-state index contributed by atoms with van der Waals surface area (Å²) >= 11 is 7.51. The average Bonchev–Trinajstić information content (AvgIpc) is 3.02. The second-order valence-electron chi connectivity index (χ2n) is 4.29. The van der Waals surface area contributed by atoms with E-state index in [0.29, 0.717) is 18.2 Å². The van der Waals surface area contributed by atoms with Gasteiger partial charge in [0.05, 0.1) is 6.54 Å². The highest BCUT2D eigenvalue weighted by atomic mass is 35.5. The van der Waals surface area contributed by atoms with Crippen LogP contribution >= 0.6 is 22.9 Å². The number of halogens is 1. The SMILES string of the molecule is CN=C(NCCOc1ccc(Cl)cc1)NCc1ccsc1. The minimum Gasteiger partial charge on any atom is -0.492 e. The van der Waals surface area contributed by atoms with E-state index in [1.54, 1.807) is 18.4 Å². The Morgan fingerprint density at radius 1 is 1.24 bits per heavy atom. The van der Waals surface area contributed by atoms with Gasteiger partial charge in [0, 0.05) is 18.6 Å². The van der Waals surface area contributed by atoms with Crippen LogP contribution in [0.15, 0.2) is 46.1 Å². The van der Waals surface area contributed by atoms with E-state index in [4.69, 9.17) is 16.3 Å². The lowest BCUT2D eigenvalue weighted by atomic mass is 10.3. The summed E-state index contributed by atoms with van der Waals surface area (Å²) in [4.78, 5) is 4.17. The molecule has 0 radical (unpaired) electrons. The minimum absolute atomic E-state index is 0.556. The van der Waals surface area contributed by atoms with Crippen LogP contribution in [-0.2, 0) is 6.54 Å². The van der Waals surface area contributed by atoms with Crippen LogP contribution in [0.1, 0.15) is 5.56 Å². The number of hydrogen-bond acceptors (Lipinski definition) is 3. The summed E-state index contributed by atoms with van der Waals surface area (Å²) in [6.45, 7) is 1.99. The normalized spacial score (nSPS) is 11.2.